The lowest BCUT2D eigenvalue weighted by Gasteiger charge is -2.30. The number of piperidine rings is 1. The molecule has 0 atom stereocenters. The Morgan fingerprint density at radius 2 is 1.92 bits per heavy atom. The van der Waals surface area contributed by atoms with Crippen LogP contribution in [0.2, 0.25) is 0 Å². The fraction of sp³-hybridized carbons (Fsp3) is 0.333. The Hall–Kier alpha value is -2.80. The van der Waals surface area contributed by atoms with Crippen LogP contribution in [0.4, 0.5) is 0 Å². The van der Waals surface area contributed by atoms with E-state index in [0.29, 0.717) is 6.04 Å². The highest BCUT2D eigenvalue weighted by Crippen LogP contribution is 2.25. The van der Waals surface area contributed by atoms with Gasteiger partial charge in [0.05, 0.1) is 41.7 Å². The van der Waals surface area contributed by atoms with Gasteiger partial charge in [0.1, 0.15) is 0 Å². The molecule has 7 heteroatoms. The van der Waals surface area contributed by atoms with Crippen LogP contribution in [0.25, 0.3) is 22.3 Å². The Morgan fingerprint density at radius 3 is 2.68 bits per heavy atom. The number of aliphatic carboxylic acids is 1. The summed E-state index contributed by atoms with van der Waals surface area (Å²) in [5.41, 5.74) is 3.51. The lowest BCUT2D eigenvalue weighted by atomic mass is 10.1. The van der Waals surface area contributed by atoms with Gasteiger partial charge in [-0.1, -0.05) is 12.1 Å². The fourth-order valence-electron chi connectivity index (χ4n) is 3.30. The van der Waals surface area contributed by atoms with E-state index < -0.39 is 5.97 Å². The molecule has 0 bridgehead atoms. The molecule has 1 saturated heterocycles. The summed E-state index contributed by atoms with van der Waals surface area (Å²) in [6.07, 6.45) is 7.41. The van der Waals surface area contributed by atoms with Crippen LogP contribution < -0.4 is 0 Å². The second-order valence-corrected chi connectivity index (χ2v) is 6.35. The zero-order valence-electron chi connectivity index (χ0n) is 13.7. The molecular formula is C18H19N5O2. The first-order valence-corrected chi connectivity index (χ1v) is 8.39. The molecule has 1 fully saturated rings. The van der Waals surface area contributed by atoms with Crippen LogP contribution in [0.3, 0.4) is 0 Å². The molecule has 4 rings (SSSR count). The summed E-state index contributed by atoms with van der Waals surface area (Å²) in [4.78, 5) is 21.9. The summed E-state index contributed by atoms with van der Waals surface area (Å²) in [6, 6.07) is 8.10. The Balaban J connectivity index is 1.49. The minimum atomic E-state index is -0.769. The van der Waals surface area contributed by atoms with E-state index in [-0.39, 0.29) is 6.54 Å². The third kappa shape index (κ3) is 3.36. The molecule has 1 aliphatic heterocycles. The number of hydrogen-bond acceptors (Lipinski definition) is 5. The van der Waals surface area contributed by atoms with Crippen molar-refractivity contribution in [3.63, 3.8) is 0 Å². The largest absolute Gasteiger partial charge is 0.480 e. The lowest BCUT2D eigenvalue weighted by molar-refractivity contribution is -0.138. The molecule has 0 saturated carbocycles. The molecule has 7 nitrogen and oxygen atoms in total. The van der Waals surface area contributed by atoms with E-state index in [2.05, 4.69) is 15.1 Å². The molecular weight excluding hydrogens is 318 g/mol. The van der Waals surface area contributed by atoms with Crippen molar-refractivity contribution in [3.8, 4) is 11.3 Å². The molecule has 3 aromatic rings. The van der Waals surface area contributed by atoms with E-state index in [1.165, 1.54) is 0 Å². The Bertz CT molecular complexity index is 899. The average Bonchev–Trinajstić information content (AvgIpc) is 3.11. The zero-order valence-corrected chi connectivity index (χ0v) is 13.7. The summed E-state index contributed by atoms with van der Waals surface area (Å²) in [5, 5.41) is 13.4. The second-order valence-electron chi connectivity index (χ2n) is 6.35. The van der Waals surface area contributed by atoms with Crippen LogP contribution in [-0.2, 0) is 4.79 Å². The second kappa shape index (κ2) is 6.60. The van der Waals surface area contributed by atoms with Crippen LogP contribution in [-0.4, -0.2) is 55.4 Å². The van der Waals surface area contributed by atoms with Crippen LogP contribution in [0.15, 0.2) is 42.9 Å². The SMILES string of the molecule is O=C(O)CN1CCC(n2cc(-c3cnc4ccccc4n3)cn2)CC1. The van der Waals surface area contributed by atoms with Crippen LogP contribution in [0.1, 0.15) is 18.9 Å². The molecule has 0 radical (unpaired) electrons. The predicted octanol–water partition coefficient (Wildman–Crippen LogP) is 2.21. The number of para-hydroxylation sites is 2. The molecule has 0 amide bonds. The van der Waals surface area contributed by atoms with Crippen molar-refractivity contribution in [2.24, 2.45) is 0 Å². The molecule has 2 aromatic heterocycles. The highest BCUT2D eigenvalue weighted by atomic mass is 16.4. The van der Waals surface area contributed by atoms with Gasteiger partial charge in [0.25, 0.3) is 0 Å². The first-order valence-electron chi connectivity index (χ1n) is 8.39. The fourth-order valence-corrected chi connectivity index (χ4v) is 3.30. The summed E-state index contributed by atoms with van der Waals surface area (Å²) < 4.78 is 1.98. The Morgan fingerprint density at radius 1 is 1.16 bits per heavy atom. The molecule has 128 valence electrons. The van der Waals surface area contributed by atoms with Crippen LogP contribution in [0.5, 0.6) is 0 Å². The van der Waals surface area contributed by atoms with Gasteiger partial charge in [-0.3, -0.25) is 19.4 Å². The number of aromatic nitrogens is 4. The standard InChI is InChI=1S/C18H19N5O2/c24-18(25)12-22-7-5-14(6-8-22)23-11-13(9-20-23)17-10-19-15-3-1-2-4-16(15)21-17/h1-4,9-11,14H,5-8,12H2,(H,24,25). The highest BCUT2D eigenvalue weighted by Gasteiger charge is 2.22. The van der Waals surface area contributed by atoms with Gasteiger partial charge in [0.15, 0.2) is 0 Å². The van der Waals surface area contributed by atoms with Crippen LogP contribution >= 0.6 is 0 Å². The summed E-state index contributed by atoms with van der Waals surface area (Å²) in [5.74, 6) is -0.769. The Labute approximate surface area is 144 Å². The van der Waals surface area contributed by atoms with Crippen molar-refractivity contribution in [1.82, 2.24) is 24.6 Å². The van der Waals surface area contributed by atoms with Crippen molar-refractivity contribution in [3.05, 3.63) is 42.9 Å². The monoisotopic (exact) mass is 337 g/mol. The maximum absolute atomic E-state index is 10.8. The third-order valence-corrected chi connectivity index (χ3v) is 4.64. The number of benzene rings is 1. The smallest absolute Gasteiger partial charge is 0.317 e. The van der Waals surface area contributed by atoms with Crippen molar-refractivity contribution in [2.75, 3.05) is 19.6 Å². The normalized spacial score (nSPS) is 16.3. The maximum atomic E-state index is 10.8. The van der Waals surface area contributed by atoms with Gasteiger partial charge >= 0.3 is 5.97 Å². The van der Waals surface area contributed by atoms with Crippen molar-refractivity contribution < 1.29 is 9.90 Å². The average molecular weight is 337 g/mol. The molecule has 3 heterocycles. The highest BCUT2D eigenvalue weighted by molar-refractivity contribution is 5.76. The van der Waals surface area contributed by atoms with Gasteiger partial charge in [-0.15, -0.1) is 0 Å². The molecule has 0 spiro atoms. The van der Waals surface area contributed by atoms with E-state index in [1.54, 1.807) is 6.20 Å². The number of likely N-dealkylation sites (tertiary alicyclic amines) is 1. The number of carboxylic acid groups (broad SMARTS) is 1. The number of nitrogens with zero attached hydrogens (tertiary/aromatic N) is 5. The molecule has 1 N–H and O–H groups in total. The van der Waals surface area contributed by atoms with E-state index in [1.807, 2.05) is 46.2 Å². The van der Waals surface area contributed by atoms with Crippen molar-refractivity contribution >= 4 is 17.0 Å². The van der Waals surface area contributed by atoms with Gasteiger partial charge in [0.2, 0.25) is 0 Å². The minimum Gasteiger partial charge on any atom is -0.480 e. The van der Waals surface area contributed by atoms with Crippen LogP contribution in [0, 0.1) is 0 Å². The first-order chi connectivity index (χ1) is 12.2. The third-order valence-electron chi connectivity index (χ3n) is 4.64. The molecule has 25 heavy (non-hydrogen) atoms. The number of carbonyl (C=O) groups is 1. The van der Waals surface area contributed by atoms with E-state index >= 15 is 0 Å². The van der Waals surface area contributed by atoms with Gasteiger partial charge < -0.3 is 5.11 Å². The van der Waals surface area contributed by atoms with E-state index in [9.17, 15) is 4.79 Å². The van der Waals surface area contributed by atoms with Gasteiger partial charge in [-0.05, 0) is 25.0 Å². The van der Waals surface area contributed by atoms with Gasteiger partial charge in [-0.2, -0.15) is 5.10 Å². The Kier molecular flexibility index (Phi) is 4.15. The number of rotatable bonds is 4. The first kappa shape index (κ1) is 15.7. The summed E-state index contributed by atoms with van der Waals surface area (Å²) in [7, 11) is 0. The van der Waals surface area contributed by atoms with Gasteiger partial charge in [-0.25, -0.2) is 4.98 Å². The summed E-state index contributed by atoms with van der Waals surface area (Å²) >= 11 is 0. The maximum Gasteiger partial charge on any atom is 0.317 e. The summed E-state index contributed by atoms with van der Waals surface area (Å²) in [6.45, 7) is 1.67. The van der Waals surface area contributed by atoms with Gasteiger partial charge in [0, 0.05) is 24.8 Å². The topological polar surface area (TPSA) is 84.1 Å². The quantitative estimate of drug-likeness (QED) is 0.786. The number of carboxylic acids is 1. The predicted molar refractivity (Wildman–Crippen MR) is 93.1 cm³/mol. The lowest BCUT2D eigenvalue weighted by Crippen LogP contribution is -2.38. The zero-order chi connectivity index (χ0) is 17.2. The minimum absolute atomic E-state index is 0.115. The molecule has 0 unspecified atom stereocenters. The molecule has 1 aromatic carbocycles. The van der Waals surface area contributed by atoms with E-state index in [0.717, 1.165) is 48.2 Å². The van der Waals surface area contributed by atoms with Crippen molar-refractivity contribution in [2.45, 2.75) is 18.9 Å². The van der Waals surface area contributed by atoms with Crippen molar-refractivity contribution in [1.29, 1.82) is 0 Å². The van der Waals surface area contributed by atoms with E-state index in [4.69, 9.17) is 5.11 Å². The number of hydrogen-bond donors (Lipinski definition) is 1. The molecule has 0 aliphatic carbocycles. The molecule has 1 aliphatic rings. The number of fused-ring (bicyclic) bond motifs is 1.